The van der Waals surface area contributed by atoms with Crippen molar-refractivity contribution in [3.8, 4) is 11.5 Å². The molecular formula is C25H31N3O5. The molecule has 1 heterocycles. The van der Waals surface area contributed by atoms with Crippen LogP contribution in [-0.4, -0.2) is 69.3 Å². The molecule has 2 fully saturated rings. The lowest BCUT2D eigenvalue weighted by Crippen LogP contribution is -2.38. The largest absolute Gasteiger partial charge is 0.493 e. The minimum Gasteiger partial charge on any atom is -0.493 e. The average Bonchev–Trinajstić information content (AvgIpc) is 3.69. The molecule has 1 N–H and O–H groups in total. The third-order valence-corrected chi connectivity index (χ3v) is 5.84. The molecule has 176 valence electrons. The van der Waals surface area contributed by atoms with Crippen LogP contribution in [0.2, 0.25) is 0 Å². The number of ether oxygens (including phenoxy) is 3. The molecule has 0 aromatic heterocycles. The highest BCUT2D eigenvalue weighted by atomic mass is 16.5. The van der Waals surface area contributed by atoms with Gasteiger partial charge in [-0.15, -0.1) is 0 Å². The molecule has 8 heteroatoms. The van der Waals surface area contributed by atoms with Gasteiger partial charge in [-0.2, -0.15) is 0 Å². The molecule has 2 aromatic rings. The summed E-state index contributed by atoms with van der Waals surface area (Å²) in [5.74, 6) is 0.883. The summed E-state index contributed by atoms with van der Waals surface area (Å²) >= 11 is 0. The zero-order valence-corrected chi connectivity index (χ0v) is 19.0. The predicted octanol–water partition coefficient (Wildman–Crippen LogP) is 2.93. The van der Waals surface area contributed by atoms with Crippen LogP contribution in [0.15, 0.2) is 48.5 Å². The van der Waals surface area contributed by atoms with E-state index in [1.807, 2.05) is 36.4 Å². The molecule has 1 aliphatic heterocycles. The van der Waals surface area contributed by atoms with Crippen LogP contribution in [0.4, 0.5) is 11.4 Å². The van der Waals surface area contributed by atoms with Crippen molar-refractivity contribution in [2.24, 2.45) is 0 Å². The van der Waals surface area contributed by atoms with E-state index >= 15 is 0 Å². The SMILES string of the molecule is COc1ccccc1OCC(=O)N(CCC(=O)Nc1ccc(N2CCOCC2)cc1)C1CC1. The van der Waals surface area contributed by atoms with Crippen molar-refractivity contribution in [1.29, 1.82) is 0 Å². The van der Waals surface area contributed by atoms with E-state index in [0.29, 0.717) is 18.0 Å². The molecule has 0 atom stereocenters. The van der Waals surface area contributed by atoms with Crippen LogP contribution in [0, 0.1) is 0 Å². The molecule has 8 nitrogen and oxygen atoms in total. The van der Waals surface area contributed by atoms with Crippen molar-refractivity contribution in [1.82, 2.24) is 4.90 Å². The number of rotatable bonds is 10. The summed E-state index contributed by atoms with van der Waals surface area (Å²) in [6, 6.07) is 15.3. The first kappa shape index (κ1) is 22.9. The van der Waals surface area contributed by atoms with Gasteiger partial charge in [-0.1, -0.05) is 12.1 Å². The summed E-state index contributed by atoms with van der Waals surface area (Å²) in [5.41, 5.74) is 1.87. The lowest BCUT2D eigenvalue weighted by Gasteiger charge is -2.28. The third-order valence-electron chi connectivity index (χ3n) is 5.84. The van der Waals surface area contributed by atoms with Gasteiger partial charge in [0.25, 0.3) is 5.91 Å². The number of hydrogen-bond donors (Lipinski definition) is 1. The van der Waals surface area contributed by atoms with E-state index in [-0.39, 0.29) is 30.9 Å². The molecule has 1 saturated carbocycles. The quantitative estimate of drug-likeness (QED) is 0.596. The minimum absolute atomic E-state index is 0.0819. The Morgan fingerprint density at radius 1 is 1.06 bits per heavy atom. The molecule has 2 aliphatic rings. The molecule has 4 rings (SSSR count). The van der Waals surface area contributed by atoms with Crippen molar-refractivity contribution >= 4 is 23.2 Å². The first-order valence-electron chi connectivity index (χ1n) is 11.4. The number of nitrogens with zero attached hydrogens (tertiary/aromatic N) is 2. The van der Waals surface area contributed by atoms with Crippen LogP contribution in [-0.2, 0) is 14.3 Å². The molecule has 0 unspecified atom stereocenters. The molecule has 33 heavy (non-hydrogen) atoms. The molecule has 1 saturated heterocycles. The van der Waals surface area contributed by atoms with Crippen LogP contribution >= 0.6 is 0 Å². The molecule has 0 spiro atoms. The van der Waals surface area contributed by atoms with E-state index in [0.717, 1.165) is 50.5 Å². The Morgan fingerprint density at radius 2 is 1.76 bits per heavy atom. The molecule has 1 aliphatic carbocycles. The van der Waals surface area contributed by atoms with Crippen molar-refractivity contribution in [2.45, 2.75) is 25.3 Å². The Morgan fingerprint density at radius 3 is 2.42 bits per heavy atom. The number of amides is 2. The Labute approximate surface area is 194 Å². The number of nitrogens with one attached hydrogen (secondary N) is 1. The van der Waals surface area contributed by atoms with Gasteiger partial charge in [-0.3, -0.25) is 9.59 Å². The van der Waals surface area contributed by atoms with Crippen LogP contribution in [0.3, 0.4) is 0 Å². The molecular weight excluding hydrogens is 422 g/mol. The van der Waals surface area contributed by atoms with E-state index in [2.05, 4.69) is 10.2 Å². The topological polar surface area (TPSA) is 80.3 Å². The number of carbonyl (C=O) groups is 2. The van der Waals surface area contributed by atoms with Crippen LogP contribution in [0.1, 0.15) is 19.3 Å². The van der Waals surface area contributed by atoms with Gasteiger partial charge >= 0.3 is 0 Å². The highest BCUT2D eigenvalue weighted by Crippen LogP contribution is 2.29. The normalized spacial score (nSPS) is 15.6. The van der Waals surface area contributed by atoms with E-state index in [9.17, 15) is 9.59 Å². The maximum absolute atomic E-state index is 12.8. The summed E-state index contributed by atoms with van der Waals surface area (Å²) < 4.78 is 16.3. The second kappa shape index (κ2) is 11.0. The average molecular weight is 454 g/mol. The van der Waals surface area contributed by atoms with Crippen molar-refractivity contribution in [3.63, 3.8) is 0 Å². The van der Waals surface area contributed by atoms with Gasteiger partial charge in [0.05, 0.1) is 20.3 Å². The van der Waals surface area contributed by atoms with Gasteiger partial charge in [0.2, 0.25) is 5.91 Å². The smallest absolute Gasteiger partial charge is 0.260 e. The molecule has 0 bridgehead atoms. The van der Waals surface area contributed by atoms with Crippen LogP contribution in [0.5, 0.6) is 11.5 Å². The fourth-order valence-corrected chi connectivity index (χ4v) is 3.88. The third kappa shape index (κ3) is 6.38. The number of carbonyl (C=O) groups excluding carboxylic acids is 2. The fourth-order valence-electron chi connectivity index (χ4n) is 3.88. The first-order valence-corrected chi connectivity index (χ1v) is 11.4. The maximum atomic E-state index is 12.8. The fraction of sp³-hybridized carbons (Fsp3) is 0.440. The molecule has 0 radical (unpaired) electrons. The summed E-state index contributed by atoms with van der Waals surface area (Å²) in [4.78, 5) is 29.3. The van der Waals surface area contributed by atoms with Crippen molar-refractivity contribution in [2.75, 3.05) is 56.8 Å². The van der Waals surface area contributed by atoms with Crippen LogP contribution < -0.4 is 19.7 Å². The standard InChI is InChI=1S/C25H31N3O5/c1-31-22-4-2-3-5-23(22)33-18-25(30)28(21-10-11-21)13-12-24(29)26-19-6-8-20(9-7-19)27-14-16-32-17-15-27/h2-9,21H,10-18H2,1H3,(H,26,29). The van der Waals surface area contributed by atoms with E-state index in [4.69, 9.17) is 14.2 Å². The lowest BCUT2D eigenvalue weighted by molar-refractivity contribution is -0.134. The number of anilines is 2. The van der Waals surface area contributed by atoms with E-state index < -0.39 is 0 Å². The Kier molecular flexibility index (Phi) is 7.67. The van der Waals surface area contributed by atoms with Gasteiger partial charge in [-0.05, 0) is 49.2 Å². The van der Waals surface area contributed by atoms with Gasteiger partial charge in [0.15, 0.2) is 18.1 Å². The van der Waals surface area contributed by atoms with Gasteiger partial charge in [0, 0.05) is 43.5 Å². The van der Waals surface area contributed by atoms with E-state index in [1.165, 1.54) is 0 Å². The zero-order chi connectivity index (χ0) is 23.0. The number of para-hydroxylation sites is 2. The van der Waals surface area contributed by atoms with Gasteiger partial charge in [0.1, 0.15) is 0 Å². The lowest BCUT2D eigenvalue weighted by atomic mass is 10.2. The number of benzene rings is 2. The minimum atomic E-state index is -0.119. The second-order valence-electron chi connectivity index (χ2n) is 8.20. The summed E-state index contributed by atoms with van der Waals surface area (Å²) in [6.45, 7) is 3.50. The molecule has 2 amide bonds. The number of morpholine rings is 1. The van der Waals surface area contributed by atoms with Crippen LogP contribution in [0.25, 0.3) is 0 Å². The highest BCUT2D eigenvalue weighted by Gasteiger charge is 2.32. The van der Waals surface area contributed by atoms with Crippen molar-refractivity contribution < 1.29 is 23.8 Å². The number of hydrogen-bond acceptors (Lipinski definition) is 6. The number of methoxy groups -OCH3 is 1. The van der Waals surface area contributed by atoms with Gasteiger partial charge < -0.3 is 29.3 Å². The summed E-state index contributed by atoms with van der Waals surface area (Å²) in [5, 5.41) is 2.93. The Hall–Kier alpha value is -3.26. The summed E-state index contributed by atoms with van der Waals surface area (Å²) in [6.07, 6.45) is 2.16. The highest BCUT2D eigenvalue weighted by molar-refractivity contribution is 5.91. The van der Waals surface area contributed by atoms with Gasteiger partial charge in [-0.25, -0.2) is 0 Å². The molecule has 2 aromatic carbocycles. The maximum Gasteiger partial charge on any atom is 0.260 e. The Bertz CT molecular complexity index is 939. The van der Waals surface area contributed by atoms with Crippen molar-refractivity contribution in [3.05, 3.63) is 48.5 Å². The predicted molar refractivity (Wildman–Crippen MR) is 126 cm³/mol. The zero-order valence-electron chi connectivity index (χ0n) is 19.0. The second-order valence-corrected chi connectivity index (χ2v) is 8.20. The monoisotopic (exact) mass is 453 g/mol. The Balaban J connectivity index is 1.25. The first-order chi connectivity index (χ1) is 16.1. The van der Waals surface area contributed by atoms with E-state index in [1.54, 1.807) is 24.1 Å². The summed E-state index contributed by atoms with van der Waals surface area (Å²) in [7, 11) is 1.56.